The van der Waals surface area contributed by atoms with E-state index in [1.54, 1.807) is 12.1 Å². The van der Waals surface area contributed by atoms with Gasteiger partial charge in [0.1, 0.15) is 5.75 Å². The summed E-state index contributed by atoms with van der Waals surface area (Å²) in [6, 6.07) is 19.5. The number of anilines is 1. The molecule has 0 fully saturated rings. The average molecular weight is 560 g/mol. The summed E-state index contributed by atoms with van der Waals surface area (Å²) >= 11 is 3.53. The molecule has 0 saturated heterocycles. The maximum Gasteiger partial charge on any atom is 0.243 e. The quantitative estimate of drug-likeness (QED) is 0.322. The Bertz CT molecular complexity index is 1220. The fraction of sp³-hybridized carbons (Fsp3) is 0.296. The van der Waals surface area contributed by atoms with Crippen LogP contribution in [-0.4, -0.2) is 31.8 Å². The van der Waals surface area contributed by atoms with Gasteiger partial charge >= 0.3 is 0 Å². The standard InChI is InChI=1S/C27H31BrN2O4S/c1-4-21-16-23(28)17-22(5-2)27(21)29-26(31)19-30(18-20-10-8-7-9-11-20)35(32,33)25-14-12-24(13-15-25)34-6-3/h7-17H,4-6,18-19H2,1-3H3,(H,29,31). The Labute approximate surface area is 216 Å². The molecule has 1 N–H and O–H groups in total. The van der Waals surface area contributed by atoms with Gasteiger partial charge in [-0.05, 0) is 72.9 Å². The molecule has 0 atom stereocenters. The zero-order valence-corrected chi connectivity index (χ0v) is 22.7. The number of carbonyl (C=O) groups excluding carboxylic acids is 1. The molecule has 3 aromatic carbocycles. The number of nitrogens with zero attached hydrogens (tertiary/aromatic N) is 1. The molecule has 8 heteroatoms. The molecule has 0 unspecified atom stereocenters. The third kappa shape index (κ3) is 6.93. The van der Waals surface area contributed by atoms with Crippen LogP contribution in [0, 0.1) is 0 Å². The van der Waals surface area contributed by atoms with Gasteiger partial charge in [-0.3, -0.25) is 4.79 Å². The molecule has 0 aliphatic rings. The van der Waals surface area contributed by atoms with E-state index in [9.17, 15) is 13.2 Å². The first-order chi connectivity index (χ1) is 16.8. The molecular weight excluding hydrogens is 528 g/mol. The summed E-state index contributed by atoms with van der Waals surface area (Å²) in [7, 11) is -3.95. The van der Waals surface area contributed by atoms with Gasteiger partial charge < -0.3 is 10.1 Å². The van der Waals surface area contributed by atoms with Crippen molar-refractivity contribution in [1.82, 2.24) is 4.31 Å². The minimum absolute atomic E-state index is 0.0748. The predicted octanol–water partition coefficient (Wildman–Crippen LogP) is 5.80. The molecule has 3 aromatic rings. The van der Waals surface area contributed by atoms with Gasteiger partial charge in [0.2, 0.25) is 15.9 Å². The lowest BCUT2D eigenvalue weighted by Crippen LogP contribution is -2.37. The van der Waals surface area contributed by atoms with Gasteiger partial charge in [-0.2, -0.15) is 4.31 Å². The van der Waals surface area contributed by atoms with Crippen molar-refractivity contribution in [2.75, 3.05) is 18.5 Å². The van der Waals surface area contributed by atoms with Crippen LogP contribution >= 0.6 is 15.9 Å². The Balaban J connectivity index is 1.91. The van der Waals surface area contributed by atoms with E-state index in [1.165, 1.54) is 16.4 Å². The van der Waals surface area contributed by atoms with Gasteiger partial charge in [0.05, 0.1) is 18.0 Å². The number of ether oxygens (including phenoxy) is 1. The van der Waals surface area contributed by atoms with Gasteiger partial charge in [0.15, 0.2) is 0 Å². The Hall–Kier alpha value is -2.68. The van der Waals surface area contributed by atoms with Crippen molar-refractivity contribution in [1.29, 1.82) is 0 Å². The second-order valence-corrected chi connectivity index (χ2v) is 10.9. The summed E-state index contributed by atoms with van der Waals surface area (Å²) in [4.78, 5) is 13.3. The highest BCUT2D eigenvalue weighted by atomic mass is 79.9. The first kappa shape index (κ1) is 26.9. The fourth-order valence-corrected chi connectivity index (χ4v) is 5.76. The summed E-state index contributed by atoms with van der Waals surface area (Å²) in [5.74, 6) is 0.204. The summed E-state index contributed by atoms with van der Waals surface area (Å²) in [6.07, 6.45) is 1.47. The normalized spacial score (nSPS) is 11.5. The van der Waals surface area contributed by atoms with Crippen LogP contribution in [0.3, 0.4) is 0 Å². The van der Waals surface area contributed by atoms with Crippen LogP contribution in [0.15, 0.2) is 76.1 Å². The Morgan fingerprint density at radius 2 is 1.54 bits per heavy atom. The number of aryl methyl sites for hydroxylation is 2. The molecule has 0 heterocycles. The molecule has 0 bridgehead atoms. The number of halogens is 1. The van der Waals surface area contributed by atoms with E-state index >= 15 is 0 Å². The number of hydrogen-bond donors (Lipinski definition) is 1. The molecule has 3 rings (SSSR count). The van der Waals surface area contributed by atoms with Crippen LogP contribution in [-0.2, 0) is 34.2 Å². The zero-order chi connectivity index (χ0) is 25.4. The molecule has 0 radical (unpaired) electrons. The SMILES string of the molecule is CCOc1ccc(S(=O)(=O)N(CC(=O)Nc2c(CC)cc(Br)cc2CC)Cc2ccccc2)cc1. The third-order valence-electron chi connectivity index (χ3n) is 5.59. The largest absolute Gasteiger partial charge is 0.494 e. The molecule has 6 nitrogen and oxygen atoms in total. The Kier molecular flexibility index (Phi) is 9.48. The molecule has 0 aliphatic heterocycles. The van der Waals surface area contributed by atoms with Crippen LogP contribution in [0.25, 0.3) is 0 Å². The minimum Gasteiger partial charge on any atom is -0.494 e. The number of carbonyl (C=O) groups is 1. The summed E-state index contributed by atoms with van der Waals surface area (Å²) in [5.41, 5.74) is 3.53. The van der Waals surface area contributed by atoms with Crippen molar-refractivity contribution < 1.29 is 17.9 Å². The maximum atomic E-state index is 13.6. The lowest BCUT2D eigenvalue weighted by atomic mass is 10.0. The number of sulfonamides is 1. The van der Waals surface area contributed by atoms with Crippen molar-refractivity contribution in [3.8, 4) is 5.75 Å². The smallest absolute Gasteiger partial charge is 0.243 e. The topological polar surface area (TPSA) is 75.7 Å². The molecule has 0 saturated carbocycles. The van der Waals surface area contributed by atoms with Gasteiger partial charge in [-0.1, -0.05) is 60.1 Å². The number of amides is 1. The van der Waals surface area contributed by atoms with E-state index in [0.29, 0.717) is 12.4 Å². The average Bonchev–Trinajstić information content (AvgIpc) is 2.85. The fourth-order valence-electron chi connectivity index (χ4n) is 3.82. The van der Waals surface area contributed by atoms with Crippen LogP contribution < -0.4 is 10.1 Å². The summed E-state index contributed by atoms with van der Waals surface area (Å²) in [5, 5.41) is 2.99. The van der Waals surface area contributed by atoms with E-state index in [0.717, 1.165) is 39.7 Å². The molecule has 186 valence electrons. The van der Waals surface area contributed by atoms with E-state index in [1.807, 2.05) is 63.2 Å². The van der Waals surface area contributed by atoms with E-state index in [2.05, 4.69) is 21.2 Å². The van der Waals surface area contributed by atoms with Crippen molar-refractivity contribution in [3.05, 3.63) is 87.9 Å². The third-order valence-corrected chi connectivity index (χ3v) is 7.85. The van der Waals surface area contributed by atoms with E-state index in [4.69, 9.17) is 4.74 Å². The van der Waals surface area contributed by atoms with Crippen LogP contribution in [0.2, 0.25) is 0 Å². The van der Waals surface area contributed by atoms with Gasteiger partial charge in [-0.25, -0.2) is 8.42 Å². The van der Waals surface area contributed by atoms with Crippen molar-refractivity contribution >= 4 is 37.5 Å². The number of hydrogen-bond acceptors (Lipinski definition) is 4. The first-order valence-electron chi connectivity index (χ1n) is 11.7. The first-order valence-corrected chi connectivity index (χ1v) is 13.9. The number of nitrogens with one attached hydrogen (secondary N) is 1. The molecule has 35 heavy (non-hydrogen) atoms. The highest BCUT2D eigenvalue weighted by molar-refractivity contribution is 9.10. The second-order valence-electron chi connectivity index (χ2n) is 8.02. The highest BCUT2D eigenvalue weighted by Gasteiger charge is 2.27. The van der Waals surface area contributed by atoms with Crippen LogP contribution in [0.5, 0.6) is 5.75 Å². The summed E-state index contributed by atoms with van der Waals surface area (Å²) in [6.45, 7) is 6.16. The Morgan fingerprint density at radius 3 is 2.09 bits per heavy atom. The molecule has 1 amide bonds. The van der Waals surface area contributed by atoms with E-state index < -0.39 is 10.0 Å². The minimum atomic E-state index is -3.95. The predicted molar refractivity (Wildman–Crippen MR) is 143 cm³/mol. The van der Waals surface area contributed by atoms with Crippen LogP contribution in [0.1, 0.15) is 37.5 Å². The monoisotopic (exact) mass is 558 g/mol. The van der Waals surface area contributed by atoms with Crippen molar-refractivity contribution in [3.63, 3.8) is 0 Å². The zero-order valence-electron chi connectivity index (χ0n) is 20.3. The second kappa shape index (κ2) is 12.3. The van der Waals surface area contributed by atoms with Crippen molar-refractivity contribution in [2.24, 2.45) is 0 Å². The highest BCUT2D eigenvalue weighted by Crippen LogP contribution is 2.28. The van der Waals surface area contributed by atoms with Gasteiger partial charge in [0.25, 0.3) is 0 Å². The number of benzene rings is 3. The van der Waals surface area contributed by atoms with Crippen molar-refractivity contribution in [2.45, 2.75) is 45.1 Å². The molecule has 0 aromatic heterocycles. The molecule has 0 spiro atoms. The molecule has 0 aliphatic carbocycles. The van der Waals surface area contributed by atoms with Gasteiger partial charge in [0, 0.05) is 16.7 Å². The maximum absolute atomic E-state index is 13.6. The molecular formula is C27H31BrN2O4S. The van der Waals surface area contributed by atoms with E-state index in [-0.39, 0.29) is 23.9 Å². The lowest BCUT2D eigenvalue weighted by molar-refractivity contribution is -0.116. The van der Waals surface area contributed by atoms with Crippen LogP contribution in [0.4, 0.5) is 5.69 Å². The lowest BCUT2D eigenvalue weighted by Gasteiger charge is -2.23. The number of rotatable bonds is 11. The Morgan fingerprint density at radius 1 is 0.943 bits per heavy atom. The summed E-state index contributed by atoms with van der Waals surface area (Å²) < 4.78 is 34.8. The van der Waals surface area contributed by atoms with Gasteiger partial charge in [-0.15, -0.1) is 0 Å².